The van der Waals surface area contributed by atoms with Crippen LogP contribution in [0.4, 0.5) is 0 Å². The van der Waals surface area contributed by atoms with Crippen molar-refractivity contribution in [2.45, 2.75) is 33.4 Å². The van der Waals surface area contributed by atoms with Crippen molar-refractivity contribution < 1.29 is 0 Å². The minimum Gasteiger partial charge on any atom is -0.370 e. The fraction of sp³-hybridized carbons (Fsp3) is 0.300. The molecular weight excluding hydrogens is 469 g/mol. The minimum absolute atomic E-state index is 0. The summed E-state index contributed by atoms with van der Waals surface area (Å²) in [6.45, 7) is 6.23. The molecule has 2 heterocycles. The second-order valence-corrected chi connectivity index (χ2v) is 7.28. The van der Waals surface area contributed by atoms with E-state index in [1.54, 1.807) is 11.3 Å². The molecule has 27 heavy (non-hydrogen) atoms. The molecule has 5 nitrogen and oxygen atoms in total. The van der Waals surface area contributed by atoms with E-state index in [1.807, 2.05) is 17.7 Å². The van der Waals surface area contributed by atoms with Gasteiger partial charge in [0.05, 0.1) is 18.8 Å². The number of rotatable bonds is 7. The normalized spacial score (nSPS) is 11.3. The molecule has 0 aliphatic carbocycles. The van der Waals surface area contributed by atoms with E-state index in [0.717, 1.165) is 36.5 Å². The van der Waals surface area contributed by atoms with Crippen molar-refractivity contribution >= 4 is 41.3 Å². The predicted molar refractivity (Wildman–Crippen MR) is 124 cm³/mol. The van der Waals surface area contributed by atoms with Crippen molar-refractivity contribution in [2.24, 2.45) is 10.7 Å². The summed E-state index contributed by atoms with van der Waals surface area (Å²) in [5.74, 6) is 0.483. The first-order valence-electron chi connectivity index (χ1n) is 8.76. The largest absolute Gasteiger partial charge is 0.370 e. The van der Waals surface area contributed by atoms with E-state index >= 15 is 0 Å². The van der Waals surface area contributed by atoms with Crippen molar-refractivity contribution in [1.29, 1.82) is 0 Å². The van der Waals surface area contributed by atoms with Gasteiger partial charge in [0, 0.05) is 22.7 Å². The third kappa shape index (κ3) is 6.07. The molecule has 0 saturated heterocycles. The van der Waals surface area contributed by atoms with Gasteiger partial charge in [0.15, 0.2) is 5.96 Å². The van der Waals surface area contributed by atoms with E-state index < -0.39 is 0 Å². The van der Waals surface area contributed by atoms with Crippen LogP contribution in [0.25, 0.3) is 0 Å². The zero-order valence-electron chi connectivity index (χ0n) is 15.7. The number of halogens is 1. The van der Waals surface area contributed by atoms with Crippen LogP contribution in [-0.4, -0.2) is 22.3 Å². The summed E-state index contributed by atoms with van der Waals surface area (Å²) in [5.41, 5.74) is 10.5. The predicted octanol–water partition coefficient (Wildman–Crippen LogP) is 3.87. The molecule has 1 aromatic carbocycles. The molecule has 0 aliphatic rings. The number of hydrogen-bond donors (Lipinski definition) is 2. The highest BCUT2D eigenvalue weighted by Gasteiger charge is 2.11. The molecule has 3 rings (SSSR count). The van der Waals surface area contributed by atoms with Gasteiger partial charge >= 0.3 is 0 Å². The molecule has 0 spiro atoms. The van der Waals surface area contributed by atoms with Crippen LogP contribution in [0.5, 0.6) is 0 Å². The first-order valence-corrected chi connectivity index (χ1v) is 9.64. The van der Waals surface area contributed by atoms with Gasteiger partial charge in [-0.1, -0.05) is 36.4 Å². The summed E-state index contributed by atoms with van der Waals surface area (Å²) in [5, 5.41) is 9.94. The van der Waals surface area contributed by atoms with Gasteiger partial charge in [0.1, 0.15) is 0 Å². The highest BCUT2D eigenvalue weighted by Crippen LogP contribution is 2.16. The van der Waals surface area contributed by atoms with Crippen molar-refractivity contribution in [3.05, 3.63) is 75.2 Å². The quantitative estimate of drug-likeness (QED) is 0.297. The van der Waals surface area contributed by atoms with Gasteiger partial charge in [-0.15, -0.1) is 35.3 Å². The number of nitrogens with two attached hydrogens (primary N) is 1. The Morgan fingerprint density at radius 2 is 1.96 bits per heavy atom. The van der Waals surface area contributed by atoms with Crippen LogP contribution in [0.1, 0.15) is 27.4 Å². The van der Waals surface area contributed by atoms with Gasteiger partial charge in [-0.25, -0.2) is 4.99 Å². The lowest BCUT2D eigenvalue weighted by molar-refractivity contribution is 0.658. The lowest BCUT2D eigenvalue weighted by Gasteiger charge is -2.06. The molecule has 0 saturated carbocycles. The summed E-state index contributed by atoms with van der Waals surface area (Å²) in [6.07, 6.45) is 0.959. The SMILES string of the molecule is Cc1nn(Cc2ccccc2)c(C)c1CN=C(N)NCCc1cccs1.I. The summed E-state index contributed by atoms with van der Waals surface area (Å²) < 4.78 is 2.04. The molecule has 0 radical (unpaired) electrons. The summed E-state index contributed by atoms with van der Waals surface area (Å²) in [4.78, 5) is 5.84. The Morgan fingerprint density at radius 1 is 1.19 bits per heavy atom. The van der Waals surface area contributed by atoms with E-state index in [0.29, 0.717) is 12.5 Å². The lowest BCUT2D eigenvalue weighted by Crippen LogP contribution is -2.33. The first-order chi connectivity index (χ1) is 12.6. The van der Waals surface area contributed by atoms with Gasteiger partial charge in [-0.2, -0.15) is 5.10 Å². The van der Waals surface area contributed by atoms with Crippen LogP contribution in [0.15, 0.2) is 52.8 Å². The Morgan fingerprint density at radius 3 is 2.67 bits per heavy atom. The van der Waals surface area contributed by atoms with E-state index in [4.69, 9.17) is 5.73 Å². The van der Waals surface area contributed by atoms with Crippen LogP contribution in [-0.2, 0) is 19.5 Å². The Kier molecular flexibility index (Phi) is 8.30. The van der Waals surface area contributed by atoms with Crippen molar-refractivity contribution in [2.75, 3.05) is 6.54 Å². The maximum Gasteiger partial charge on any atom is 0.188 e. The van der Waals surface area contributed by atoms with Crippen LogP contribution in [0, 0.1) is 13.8 Å². The molecule has 0 atom stereocenters. The number of benzene rings is 1. The van der Waals surface area contributed by atoms with Gasteiger partial charge < -0.3 is 11.1 Å². The topological polar surface area (TPSA) is 68.2 Å². The maximum absolute atomic E-state index is 6.01. The minimum atomic E-state index is 0. The summed E-state index contributed by atoms with van der Waals surface area (Å²) in [6, 6.07) is 14.6. The second-order valence-electron chi connectivity index (χ2n) is 6.25. The first kappa shape index (κ1) is 21.4. The molecule has 0 amide bonds. The molecule has 0 bridgehead atoms. The zero-order valence-corrected chi connectivity index (χ0v) is 18.8. The standard InChI is InChI=1S/C20H25N5S.HI/c1-15-19(13-23-20(21)22-11-10-18-9-6-12-26-18)16(2)25(24-15)14-17-7-4-3-5-8-17;/h3-9,12H,10-11,13-14H2,1-2H3,(H3,21,22,23);1H. The van der Waals surface area contributed by atoms with Gasteiger partial charge in [0.2, 0.25) is 0 Å². The molecule has 144 valence electrons. The highest BCUT2D eigenvalue weighted by molar-refractivity contribution is 14.0. The van der Waals surface area contributed by atoms with E-state index in [1.165, 1.54) is 10.4 Å². The monoisotopic (exact) mass is 495 g/mol. The van der Waals surface area contributed by atoms with E-state index in [-0.39, 0.29) is 24.0 Å². The van der Waals surface area contributed by atoms with E-state index in [2.05, 4.69) is 64.1 Å². The molecule has 3 N–H and O–H groups in total. The molecule has 0 unspecified atom stereocenters. The molecule has 2 aromatic heterocycles. The van der Waals surface area contributed by atoms with Gasteiger partial charge in [-0.05, 0) is 37.3 Å². The average molecular weight is 495 g/mol. The number of thiophene rings is 1. The Labute approximate surface area is 181 Å². The molecule has 7 heteroatoms. The number of aryl methyl sites for hydroxylation is 1. The third-order valence-corrected chi connectivity index (χ3v) is 5.31. The van der Waals surface area contributed by atoms with Crippen LogP contribution in [0.3, 0.4) is 0 Å². The van der Waals surface area contributed by atoms with Crippen LogP contribution >= 0.6 is 35.3 Å². The number of nitrogens with zero attached hydrogens (tertiary/aromatic N) is 3. The van der Waals surface area contributed by atoms with Crippen molar-refractivity contribution in [3.8, 4) is 0 Å². The zero-order chi connectivity index (χ0) is 18.4. The fourth-order valence-corrected chi connectivity index (χ4v) is 3.57. The average Bonchev–Trinajstić information content (AvgIpc) is 3.23. The number of nitrogens with one attached hydrogen (secondary N) is 1. The number of hydrogen-bond acceptors (Lipinski definition) is 3. The number of aromatic nitrogens is 2. The summed E-state index contributed by atoms with van der Waals surface area (Å²) in [7, 11) is 0. The van der Waals surface area contributed by atoms with Crippen LogP contribution in [0.2, 0.25) is 0 Å². The number of guanidine groups is 1. The maximum atomic E-state index is 6.01. The van der Waals surface area contributed by atoms with E-state index in [9.17, 15) is 0 Å². The fourth-order valence-electron chi connectivity index (χ4n) is 2.86. The Hall–Kier alpha value is -1.87. The highest BCUT2D eigenvalue weighted by atomic mass is 127. The summed E-state index contributed by atoms with van der Waals surface area (Å²) >= 11 is 1.76. The Balaban J connectivity index is 0.00000261. The number of aliphatic imine (C=N–C) groups is 1. The Bertz CT molecular complexity index is 856. The lowest BCUT2D eigenvalue weighted by atomic mass is 10.2. The van der Waals surface area contributed by atoms with Gasteiger partial charge in [-0.3, -0.25) is 4.68 Å². The van der Waals surface area contributed by atoms with Crippen molar-refractivity contribution in [1.82, 2.24) is 15.1 Å². The smallest absolute Gasteiger partial charge is 0.188 e. The molecule has 0 fully saturated rings. The molecule has 0 aliphatic heterocycles. The molecule has 3 aromatic rings. The second kappa shape index (κ2) is 10.5. The van der Waals surface area contributed by atoms with Crippen LogP contribution < -0.4 is 11.1 Å². The van der Waals surface area contributed by atoms with Gasteiger partial charge in [0.25, 0.3) is 0 Å². The third-order valence-electron chi connectivity index (χ3n) is 4.37. The molecular formula is C20H26IN5S. The van der Waals surface area contributed by atoms with Crippen molar-refractivity contribution in [3.63, 3.8) is 0 Å².